The molecule has 3 nitrogen and oxygen atoms in total. The molecule has 4 heteroatoms. The topological polar surface area (TPSA) is 21.1 Å². The van der Waals surface area contributed by atoms with Crippen molar-refractivity contribution in [3.8, 4) is 0 Å². The van der Waals surface area contributed by atoms with Gasteiger partial charge in [-0.05, 0) is 46.5 Å². The number of fused-ring (bicyclic) bond motifs is 1. The van der Waals surface area contributed by atoms with Gasteiger partial charge in [0.05, 0.1) is 16.4 Å². The molecule has 104 valence electrons. The fourth-order valence-electron chi connectivity index (χ4n) is 2.30. The van der Waals surface area contributed by atoms with Crippen molar-refractivity contribution in [2.75, 3.05) is 14.1 Å². The number of imidazole rings is 1. The van der Waals surface area contributed by atoms with Crippen LogP contribution in [0, 0.1) is 6.92 Å². The molecule has 0 aliphatic carbocycles. The molecule has 2 atom stereocenters. The molecule has 0 saturated carbocycles. The molecule has 0 spiro atoms. The van der Waals surface area contributed by atoms with E-state index in [0.29, 0.717) is 6.04 Å². The number of hydrogen-bond donors (Lipinski definition) is 0. The van der Waals surface area contributed by atoms with Crippen molar-refractivity contribution < 1.29 is 0 Å². The summed E-state index contributed by atoms with van der Waals surface area (Å²) in [4.78, 5) is 6.91. The number of likely N-dealkylation sites (N-methyl/N-ethyl adjacent to an activating group) is 1. The van der Waals surface area contributed by atoms with E-state index >= 15 is 0 Å². The maximum absolute atomic E-state index is 6.30. The first-order valence-electron chi connectivity index (χ1n) is 6.68. The first-order chi connectivity index (χ1) is 8.91. The third-order valence-electron chi connectivity index (χ3n) is 3.68. The normalized spacial score (nSPS) is 15.1. The molecule has 0 bridgehead atoms. The zero-order valence-corrected chi connectivity index (χ0v) is 13.1. The fraction of sp³-hybridized carbons (Fsp3) is 0.533. The minimum Gasteiger partial charge on any atom is -0.325 e. The number of halogens is 1. The number of benzene rings is 1. The fourth-order valence-corrected chi connectivity index (χ4v) is 2.47. The van der Waals surface area contributed by atoms with Crippen molar-refractivity contribution >= 4 is 22.6 Å². The van der Waals surface area contributed by atoms with Crippen LogP contribution < -0.4 is 0 Å². The Labute approximate surface area is 120 Å². The summed E-state index contributed by atoms with van der Waals surface area (Å²) in [5.74, 6) is 0.958. The molecule has 19 heavy (non-hydrogen) atoms. The third kappa shape index (κ3) is 2.77. The van der Waals surface area contributed by atoms with Gasteiger partial charge < -0.3 is 9.47 Å². The van der Waals surface area contributed by atoms with Crippen LogP contribution >= 0.6 is 11.6 Å². The van der Waals surface area contributed by atoms with Crippen LogP contribution in [0.15, 0.2) is 18.2 Å². The number of aromatic nitrogens is 2. The predicted molar refractivity (Wildman–Crippen MR) is 81.9 cm³/mol. The zero-order valence-electron chi connectivity index (χ0n) is 12.3. The molecule has 2 unspecified atom stereocenters. The van der Waals surface area contributed by atoms with Gasteiger partial charge in [-0.15, -0.1) is 11.6 Å². The lowest BCUT2D eigenvalue weighted by atomic mass is 10.2. The van der Waals surface area contributed by atoms with Crippen LogP contribution in [-0.4, -0.2) is 34.6 Å². The summed E-state index contributed by atoms with van der Waals surface area (Å²) >= 11 is 6.30. The van der Waals surface area contributed by atoms with Gasteiger partial charge in [-0.2, -0.15) is 0 Å². The molecular formula is C15H22ClN3. The maximum Gasteiger partial charge on any atom is 0.127 e. The summed E-state index contributed by atoms with van der Waals surface area (Å²) in [5, 5.41) is -0.0823. The van der Waals surface area contributed by atoms with Gasteiger partial charge in [0.2, 0.25) is 0 Å². The van der Waals surface area contributed by atoms with E-state index in [1.807, 2.05) is 13.0 Å². The quantitative estimate of drug-likeness (QED) is 0.798. The minimum atomic E-state index is -0.0823. The second-order valence-electron chi connectivity index (χ2n) is 5.45. The number of rotatable bonds is 4. The second-order valence-corrected chi connectivity index (χ2v) is 6.11. The van der Waals surface area contributed by atoms with E-state index in [0.717, 1.165) is 17.9 Å². The van der Waals surface area contributed by atoms with Crippen LogP contribution in [0.25, 0.3) is 11.0 Å². The number of nitrogens with zero attached hydrogens (tertiary/aromatic N) is 3. The Kier molecular flexibility index (Phi) is 4.16. The monoisotopic (exact) mass is 279 g/mol. The highest BCUT2D eigenvalue weighted by Crippen LogP contribution is 2.27. The van der Waals surface area contributed by atoms with Gasteiger partial charge in [0, 0.05) is 12.6 Å². The highest BCUT2D eigenvalue weighted by molar-refractivity contribution is 6.20. The Hall–Kier alpha value is -1.06. The summed E-state index contributed by atoms with van der Waals surface area (Å²) in [6.07, 6.45) is 0. The van der Waals surface area contributed by atoms with E-state index < -0.39 is 0 Å². The lowest BCUT2D eigenvalue weighted by Crippen LogP contribution is -2.30. The molecule has 1 aromatic carbocycles. The molecule has 0 radical (unpaired) electrons. The SMILES string of the molecule is Cc1cccc2nc(C(C)Cl)n(CC(C)N(C)C)c12. The van der Waals surface area contributed by atoms with Crippen LogP contribution in [-0.2, 0) is 6.54 Å². The molecule has 2 aromatic rings. The van der Waals surface area contributed by atoms with Gasteiger partial charge in [0.25, 0.3) is 0 Å². The van der Waals surface area contributed by atoms with Gasteiger partial charge in [0.15, 0.2) is 0 Å². The molecule has 0 saturated heterocycles. The van der Waals surface area contributed by atoms with Crippen LogP contribution in [0.1, 0.15) is 30.6 Å². The van der Waals surface area contributed by atoms with Crippen LogP contribution in [0.5, 0.6) is 0 Å². The van der Waals surface area contributed by atoms with E-state index in [9.17, 15) is 0 Å². The standard InChI is InChI=1S/C15H22ClN3/c1-10-7-6-8-13-14(10)19(9-11(2)18(4)5)15(17-13)12(3)16/h6-8,11-12H,9H2,1-5H3. The van der Waals surface area contributed by atoms with Crippen LogP contribution in [0.4, 0.5) is 0 Å². The summed E-state index contributed by atoms with van der Waals surface area (Å²) < 4.78 is 2.27. The molecule has 0 N–H and O–H groups in total. The van der Waals surface area contributed by atoms with Crippen molar-refractivity contribution in [2.45, 2.75) is 38.7 Å². The molecule has 0 amide bonds. The highest BCUT2D eigenvalue weighted by atomic mass is 35.5. The van der Waals surface area contributed by atoms with Gasteiger partial charge in [-0.3, -0.25) is 0 Å². The molecule has 1 heterocycles. The maximum atomic E-state index is 6.30. The van der Waals surface area contributed by atoms with Gasteiger partial charge in [0.1, 0.15) is 5.82 Å². The highest BCUT2D eigenvalue weighted by Gasteiger charge is 2.18. The Morgan fingerprint density at radius 2 is 2.00 bits per heavy atom. The van der Waals surface area contributed by atoms with Gasteiger partial charge >= 0.3 is 0 Å². The Morgan fingerprint density at radius 1 is 1.32 bits per heavy atom. The number of aryl methyl sites for hydroxylation is 1. The first kappa shape index (κ1) is 14.4. The summed E-state index contributed by atoms with van der Waals surface area (Å²) in [7, 11) is 4.20. The first-order valence-corrected chi connectivity index (χ1v) is 7.11. The summed E-state index contributed by atoms with van der Waals surface area (Å²) in [6, 6.07) is 6.67. The second kappa shape index (κ2) is 5.51. The predicted octanol–water partition coefficient (Wildman–Crippen LogP) is 3.59. The molecule has 2 rings (SSSR count). The average Bonchev–Trinajstić information content (AvgIpc) is 2.69. The van der Waals surface area contributed by atoms with E-state index in [1.54, 1.807) is 0 Å². The summed E-state index contributed by atoms with van der Waals surface area (Å²) in [5.41, 5.74) is 3.49. The van der Waals surface area contributed by atoms with E-state index in [2.05, 4.69) is 49.5 Å². The van der Waals surface area contributed by atoms with Crippen molar-refractivity contribution in [2.24, 2.45) is 0 Å². The Balaban J connectivity index is 2.57. The largest absolute Gasteiger partial charge is 0.325 e. The van der Waals surface area contributed by atoms with Crippen molar-refractivity contribution in [1.29, 1.82) is 0 Å². The van der Waals surface area contributed by atoms with Crippen molar-refractivity contribution in [3.63, 3.8) is 0 Å². The molecule has 0 aliphatic rings. The Morgan fingerprint density at radius 3 is 2.58 bits per heavy atom. The van der Waals surface area contributed by atoms with Gasteiger partial charge in [-0.1, -0.05) is 12.1 Å². The third-order valence-corrected chi connectivity index (χ3v) is 3.88. The molecule has 1 aromatic heterocycles. The zero-order chi connectivity index (χ0) is 14.2. The van der Waals surface area contributed by atoms with Crippen molar-refractivity contribution in [3.05, 3.63) is 29.6 Å². The van der Waals surface area contributed by atoms with E-state index in [-0.39, 0.29) is 5.38 Å². The molecular weight excluding hydrogens is 258 g/mol. The average molecular weight is 280 g/mol. The minimum absolute atomic E-state index is 0.0823. The summed E-state index contributed by atoms with van der Waals surface area (Å²) in [6.45, 7) is 7.23. The Bertz CT molecular complexity index is 572. The van der Waals surface area contributed by atoms with E-state index in [1.165, 1.54) is 11.1 Å². The smallest absolute Gasteiger partial charge is 0.127 e. The van der Waals surface area contributed by atoms with Crippen LogP contribution in [0.3, 0.4) is 0 Å². The van der Waals surface area contributed by atoms with Gasteiger partial charge in [-0.25, -0.2) is 4.98 Å². The van der Waals surface area contributed by atoms with Crippen molar-refractivity contribution in [1.82, 2.24) is 14.5 Å². The number of para-hydroxylation sites is 1. The molecule has 0 fully saturated rings. The molecule has 0 aliphatic heterocycles. The number of alkyl halides is 1. The lowest BCUT2D eigenvalue weighted by Gasteiger charge is -2.22. The van der Waals surface area contributed by atoms with E-state index in [4.69, 9.17) is 16.6 Å². The van der Waals surface area contributed by atoms with Crippen LogP contribution in [0.2, 0.25) is 0 Å². The number of hydrogen-bond acceptors (Lipinski definition) is 2. The lowest BCUT2D eigenvalue weighted by molar-refractivity contribution is 0.284.